The summed E-state index contributed by atoms with van der Waals surface area (Å²) in [5, 5.41) is 12.9. The molecule has 1 aliphatic heterocycles. The molecule has 2 fully saturated rings. The van der Waals surface area contributed by atoms with Crippen molar-refractivity contribution < 1.29 is 5.11 Å². The van der Waals surface area contributed by atoms with Crippen molar-refractivity contribution in [2.75, 3.05) is 26.7 Å². The summed E-state index contributed by atoms with van der Waals surface area (Å²) in [6.07, 6.45) is 5.01. The largest absolute Gasteiger partial charge is 0.396 e. The molecular formula is C11H22N2O. The zero-order valence-corrected chi connectivity index (χ0v) is 9.08. The lowest BCUT2D eigenvalue weighted by atomic mass is 10.0. The van der Waals surface area contributed by atoms with E-state index in [0.717, 1.165) is 0 Å². The fraction of sp³-hybridized carbons (Fsp3) is 1.00. The summed E-state index contributed by atoms with van der Waals surface area (Å²) in [4.78, 5) is 2.38. The number of hydrogen-bond donors (Lipinski definition) is 2. The van der Waals surface area contributed by atoms with E-state index in [2.05, 4.69) is 17.3 Å². The van der Waals surface area contributed by atoms with Crippen molar-refractivity contribution in [3.05, 3.63) is 0 Å². The second kappa shape index (κ2) is 4.60. The molecule has 0 radical (unpaired) electrons. The molecule has 3 nitrogen and oxygen atoms in total. The highest BCUT2D eigenvalue weighted by molar-refractivity contribution is 4.88. The van der Waals surface area contributed by atoms with Crippen LogP contribution in [0.2, 0.25) is 0 Å². The Morgan fingerprint density at radius 1 is 1.36 bits per heavy atom. The molecule has 0 amide bonds. The van der Waals surface area contributed by atoms with Crippen LogP contribution < -0.4 is 5.32 Å². The van der Waals surface area contributed by atoms with Gasteiger partial charge in [-0.1, -0.05) is 6.42 Å². The van der Waals surface area contributed by atoms with Crippen LogP contribution in [0, 0.1) is 5.92 Å². The molecule has 2 aliphatic rings. The molecule has 2 N–H and O–H groups in total. The van der Waals surface area contributed by atoms with Crippen molar-refractivity contribution in [2.45, 2.75) is 37.8 Å². The SMILES string of the molecule is CN1CCC(N[C@@H]2CCC[C@@H]2CO)C1. The van der Waals surface area contributed by atoms with Gasteiger partial charge >= 0.3 is 0 Å². The first-order chi connectivity index (χ1) is 6.79. The molecule has 0 spiro atoms. The van der Waals surface area contributed by atoms with Gasteiger partial charge in [-0.2, -0.15) is 0 Å². The van der Waals surface area contributed by atoms with Gasteiger partial charge in [0.1, 0.15) is 0 Å². The molecule has 1 saturated heterocycles. The number of nitrogens with one attached hydrogen (secondary N) is 1. The number of likely N-dealkylation sites (N-methyl/N-ethyl adjacent to an activating group) is 1. The molecular weight excluding hydrogens is 176 g/mol. The molecule has 3 heteroatoms. The van der Waals surface area contributed by atoms with Gasteiger partial charge in [-0.25, -0.2) is 0 Å². The third-order valence-electron chi connectivity index (χ3n) is 3.73. The summed E-state index contributed by atoms with van der Waals surface area (Å²) in [6.45, 7) is 2.75. The molecule has 1 unspecified atom stereocenters. The molecule has 1 aliphatic carbocycles. The van der Waals surface area contributed by atoms with E-state index >= 15 is 0 Å². The van der Waals surface area contributed by atoms with E-state index in [-0.39, 0.29) is 0 Å². The van der Waals surface area contributed by atoms with Crippen molar-refractivity contribution in [1.29, 1.82) is 0 Å². The third-order valence-corrected chi connectivity index (χ3v) is 3.73. The van der Waals surface area contributed by atoms with Crippen molar-refractivity contribution in [2.24, 2.45) is 5.92 Å². The second-order valence-corrected chi connectivity index (χ2v) is 4.89. The number of hydrogen-bond acceptors (Lipinski definition) is 3. The van der Waals surface area contributed by atoms with Crippen LogP contribution in [0.1, 0.15) is 25.7 Å². The Hall–Kier alpha value is -0.120. The maximum absolute atomic E-state index is 9.21. The Labute approximate surface area is 86.5 Å². The smallest absolute Gasteiger partial charge is 0.0474 e. The molecule has 0 aromatic carbocycles. The Balaban J connectivity index is 1.79. The highest BCUT2D eigenvalue weighted by atomic mass is 16.3. The van der Waals surface area contributed by atoms with E-state index in [1.165, 1.54) is 38.8 Å². The van der Waals surface area contributed by atoms with Crippen molar-refractivity contribution in [1.82, 2.24) is 10.2 Å². The van der Waals surface area contributed by atoms with Crippen LogP contribution >= 0.6 is 0 Å². The van der Waals surface area contributed by atoms with Gasteiger partial charge in [0.2, 0.25) is 0 Å². The van der Waals surface area contributed by atoms with Crippen LogP contribution in [0.25, 0.3) is 0 Å². The normalized spacial score (nSPS) is 39.4. The lowest BCUT2D eigenvalue weighted by molar-refractivity contribution is 0.199. The standard InChI is InChI=1S/C11H22N2O/c1-13-6-5-10(7-13)12-11-4-2-3-9(11)8-14/h9-12,14H,2-8H2,1H3/t9-,10?,11-/m1/s1. The highest BCUT2D eigenvalue weighted by Crippen LogP contribution is 2.26. The second-order valence-electron chi connectivity index (χ2n) is 4.89. The summed E-state index contributed by atoms with van der Waals surface area (Å²) in [5.41, 5.74) is 0. The number of likely N-dealkylation sites (tertiary alicyclic amines) is 1. The number of rotatable bonds is 3. The first-order valence-electron chi connectivity index (χ1n) is 5.85. The van der Waals surface area contributed by atoms with Gasteiger partial charge in [0.15, 0.2) is 0 Å². The molecule has 82 valence electrons. The Kier molecular flexibility index (Phi) is 3.42. The fourth-order valence-corrected chi connectivity index (χ4v) is 2.85. The molecule has 1 heterocycles. The Bertz CT molecular complexity index is 186. The first-order valence-corrected chi connectivity index (χ1v) is 5.85. The van der Waals surface area contributed by atoms with Crippen molar-refractivity contribution in [3.8, 4) is 0 Å². The molecule has 0 aromatic heterocycles. The monoisotopic (exact) mass is 198 g/mol. The summed E-state index contributed by atoms with van der Waals surface area (Å²) in [7, 11) is 2.18. The fourth-order valence-electron chi connectivity index (χ4n) is 2.85. The average molecular weight is 198 g/mol. The molecule has 0 bridgehead atoms. The van der Waals surface area contributed by atoms with Gasteiger partial charge in [0.25, 0.3) is 0 Å². The minimum Gasteiger partial charge on any atom is -0.396 e. The van der Waals surface area contributed by atoms with Crippen LogP contribution in [0.4, 0.5) is 0 Å². The van der Waals surface area contributed by atoms with Gasteiger partial charge in [-0.05, 0) is 38.8 Å². The number of nitrogens with zero attached hydrogens (tertiary/aromatic N) is 1. The number of aliphatic hydroxyl groups excluding tert-OH is 1. The minimum atomic E-state index is 0.361. The molecule has 3 atom stereocenters. The van der Waals surface area contributed by atoms with E-state index in [1.54, 1.807) is 0 Å². The molecule has 1 saturated carbocycles. The molecule has 14 heavy (non-hydrogen) atoms. The average Bonchev–Trinajstić information content (AvgIpc) is 2.76. The minimum absolute atomic E-state index is 0.361. The maximum atomic E-state index is 9.21. The summed E-state index contributed by atoms with van der Waals surface area (Å²) >= 11 is 0. The Morgan fingerprint density at radius 2 is 2.21 bits per heavy atom. The van der Waals surface area contributed by atoms with Crippen LogP contribution in [-0.2, 0) is 0 Å². The third kappa shape index (κ3) is 2.27. The van der Waals surface area contributed by atoms with Crippen LogP contribution in [0.3, 0.4) is 0 Å². The van der Waals surface area contributed by atoms with Crippen LogP contribution in [-0.4, -0.2) is 48.8 Å². The molecule has 2 rings (SSSR count). The Morgan fingerprint density at radius 3 is 2.86 bits per heavy atom. The van der Waals surface area contributed by atoms with Gasteiger partial charge in [-0.15, -0.1) is 0 Å². The van der Waals surface area contributed by atoms with E-state index in [4.69, 9.17) is 0 Å². The summed E-state index contributed by atoms with van der Waals surface area (Å²) in [5.74, 6) is 0.515. The van der Waals surface area contributed by atoms with Gasteiger partial charge < -0.3 is 15.3 Å². The zero-order valence-electron chi connectivity index (χ0n) is 9.08. The lowest BCUT2D eigenvalue weighted by Gasteiger charge is -2.23. The highest BCUT2D eigenvalue weighted by Gasteiger charge is 2.30. The lowest BCUT2D eigenvalue weighted by Crippen LogP contribution is -2.42. The maximum Gasteiger partial charge on any atom is 0.0474 e. The van der Waals surface area contributed by atoms with Gasteiger partial charge in [-0.3, -0.25) is 0 Å². The van der Waals surface area contributed by atoms with Gasteiger partial charge in [0, 0.05) is 25.2 Å². The van der Waals surface area contributed by atoms with Crippen molar-refractivity contribution in [3.63, 3.8) is 0 Å². The van der Waals surface area contributed by atoms with Gasteiger partial charge in [0.05, 0.1) is 0 Å². The summed E-state index contributed by atoms with van der Waals surface area (Å²) < 4.78 is 0. The van der Waals surface area contributed by atoms with E-state index in [1.807, 2.05) is 0 Å². The van der Waals surface area contributed by atoms with E-state index < -0.39 is 0 Å². The van der Waals surface area contributed by atoms with E-state index in [0.29, 0.717) is 24.6 Å². The zero-order chi connectivity index (χ0) is 9.97. The molecule has 0 aromatic rings. The predicted molar refractivity (Wildman–Crippen MR) is 57.3 cm³/mol. The summed E-state index contributed by atoms with van der Waals surface area (Å²) in [6, 6.07) is 1.24. The van der Waals surface area contributed by atoms with Crippen LogP contribution in [0.5, 0.6) is 0 Å². The predicted octanol–water partition coefficient (Wildman–Crippen LogP) is 0.441. The topological polar surface area (TPSA) is 35.5 Å². The quantitative estimate of drug-likeness (QED) is 0.691. The first kappa shape index (κ1) is 10.4. The van der Waals surface area contributed by atoms with Crippen molar-refractivity contribution >= 4 is 0 Å². The van der Waals surface area contributed by atoms with E-state index in [9.17, 15) is 5.11 Å². The number of aliphatic hydroxyl groups is 1. The van der Waals surface area contributed by atoms with Crippen LogP contribution in [0.15, 0.2) is 0 Å².